The van der Waals surface area contributed by atoms with Crippen LogP contribution in [0.4, 0.5) is 5.69 Å². The Morgan fingerprint density at radius 3 is 2.70 bits per heavy atom. The number of morpholine rings is 1. The van der Waals surface area contributed by atoms with Gasteiger partial charge in [-0.05, 0) is 57.0 Å². The molecule has 1 saturated heterocycles. The molecule has 0 bridgehead atoms. The summed E-state index contributed by atoms with van der Waals surface area (Å²) in [4.78, 5) is 15.5. The Kier molecular flexibility index (Phi) is 7.91. The maximum absolute atomic E-state index is 9.39. The number of rotatable bonds is 8. The van der Waals surface area contributed by atoms with Gasteiger partial charge in [-0.3, -0.25) is 4.98 Å². The summed E-state index contributed by atoms with van der Waals surface area (Å²) in [5, 5.41) is 12.8. The highest BCUT2D eigenvalue weighted by atomic mass is 16.5. The molecule has 2 heterocycles. The van der Waals surface area contributed by atoms with Crippen LogP contribution in [0.15, 0.2) is 53.1 Å². The minimum atomic E-state index is -0.0157. The lowest BCUT2D eigenvalue weighted by Gasteiger charge is -2.31. The molecule has 0 unspecified atom stereocenters. The lowest BCUT2D eigenvalue weighted by atomic mass is 9.93. The fourth-order valence-corrected chi connectivity index (χ4v) is 4.37. The highest BCUT2D eigenvalue weighted by Gasteiger charge is 2.24. The molecule has 2 aliphatic rings. The molecule has 0 spiro atoms. The molecule has 2 fully saturated rings. The number of benzene rings is 1. The van der Waals surface area contributed by atoms with E-state index < -0.39 is 0 Å². The second-order valence-electron chi connectivity index (χ2n) is 8.41. The van der Waals surface area contributed by atoms with Gasteiger partial charge in [-0.25, -0.2) is 9.98 Å². The number of aliphatic hydroxyl groups excluding tert-OH is 1. The summed E-state index contributed by atoms with van der Waals surface area (Å²) in [6.45, 7) is 8.72. The Bertz CT molecular complexity index is 1010. The van der Waals surface area contributed by atoms with Crippen LogP contribution in [0, 0.1) is 0 Å². The SMILES string of the molecule is C=N/C(=C\C(=C/C)CO)N[C@H]1CC[C@@H](Oc2cc(N3CCOCC3)cc3nccnc23)CC1. The van der Waals surface area contributed by atoms with Gasteiger partial charge in [-0.15, -0.1) is 0 Å². The molecule has 2 aromatic rings. The second-order valence-corrected chi connectivity index (χ2v) is 8.41. The Morgan fingerprint density at radius 2 is 2.00 bits per heavy atom. The van der Waals surface area contributed by atoms with E-state index in [1.165, 1.54) is 0 Å². The number of anilines is 1. The number of allylic oxidation sites excluding steroid dienone is 1. The molecule has 0 amide bonds. The van der Waals surface area contributed by atoms with E-state index in [1.54, 1.807) is 12.4 Å². The molecule has 176 valence electrons. The van der Waals surface area contributed by atoms with Gasteiger partial charge in [-0.1, -0.05) is 6.08 Å². The molecular formula is C25H33N5O3. The Balaban J connectivity index is 1.43. The number of aliphatic hydroxyl groups is 1. The van der Waals surface area contributed by atoms with Gasteiger partial charge in [0.1, 0.15) is 17.1 Å². The van der Waals surface area contributed by atoms with Crippen molar-refractivity contribution < 1.29 is 14.6 Å². The molecule has 8 heteroatoms. The van der Waals surface area contributed by atoms with Crippen molar-refractivity contribution in [2.75, 3.05) is 37.8 Å². The smallest absolute Gasteiger partial charge is 0.149 e. The summed E-state index contributed by atoms with van der Waals surface area (Å²) < 4.78 is 12.0. The third-order valence-electron chi connectivity index (χ3n) is 6.27. The third-order valence-corrected chi connectivity index (χ3v) is 6.27. The predicted octanol–water partition coefficient (Wildman–Crippen LogP) is 3.23. The maximum atomic E-state index is 9.39. The van der Waals surface area contributed by atoms with Gasteiger partial charge in [-0.2, -0.15) is 0 Å². The van der Waals surface area contributed by atoms with Gasteiger partial charge in [0.25, 0.3) is 0 Å². The highest BCUT2D eigenvalue weighted by molar-refractivity contribution is 5.85. The van der Waals surface area contributed by atoms with Crippen LogP contribution in [0.5, 0.6) is 5.75 Å². The number of fused-ring (bicyclic) bond motifs is 1. The Labute approximate surface area is 195 Å². The molecule has 0 radical (unpaired) electrons. The van der Waals surface area contributed by atoms with Crippen LogP contribution in [-0.2, 0) is 4.74 Å². The average Bonchev–Trinajstić information content (AvgIpc) is 2.88. The first-order valence-electron chi connectivity index (χ1n) is 11.6. The van der Waals surface area contributed by atoms with E-state index in [9.17, 15) is 5.11 Å². The van der Waals surface area contributed by atoms with Crippen molar-refractivity contribution in [1.29, 1.82) is 0 Å². The molecular weight excluding hydrogens is 418 g/mol. The zero-order valence-electron chi connectivity index (χ0n) is 19.2. The van der Waals surface area contributed by atoms with Crippen molar-refractivity contribution in [2.45, 2.75) is 44.8 Å². The molecule has 1 aliphatic heterocycles. The Hall–Kier alpha value is -2.97. The predicted molar refractivity (Wildman–Crippen MR) is 131 cm³/mol. The first kappa shape index (κ1) is 23.2. The van der Waals surface area contributed by atoms with Crippen LogP contribution < -0.4 is 15.0 Å². The maximum Gasteiger partial charge on any atom is 0.149 e. The summed E-state index contributed by atoms with van der Waals surface area (Å²) >= 11 is 0. The van der Waals surface area contributed by atoms with Crippen LogP contribution in [0.2, 0.25) is 0 Å². The molecule has 33 heavy (non-hydrogen) atoms. The van der Waals surface area contributed by atoms with Gasteiger partial charge in [0.2, 0.25) is 0 Å². The molecule has 1 aliphatic carbocycles. The van der Waals surface area contributed by atoms with Gasteiger partial charge in [0.05, 0.1) is 31.4 Å². The van der Waals surface area contributed by atoms with Crippen LogP contribution in [-0.4, -0.2) is 66.8 Å². The van der Waals surface area contributed by atoms with Crippen LogP contribution in [0.1, 0.15) is 32.6 Å². The van der Waals surface area contributed by atoms with Gasteiger partial charge in [0, 0.05) is 43.3 Å². The van der Waals surface area contributed by atoms with Crippen molar-refractivity contribution in [2.24, 2.45) is 4.99 Å². The minimum Gasteiger partial charge on any atom is -0.488 e. The quantitative estimate of drug-likeness (QED) is 0.470. The minimum absolute atomic E-state index is 0.0157. The van der Waals surface area contributed by atoms with E-state index in [2.05, 4.69) is 44.0 Å². The molecule has 4 rings (SSSR count). The van der Waals surface area contributed by atoms with E-state index in [4.69, 9.17) is 9.47 Å². The fourth-order valence-electron chi connectivity index (χ4n) is 4.37. The monoisotopic (exact) mass is 451 g/mol. The van der Waals surface area contributed by atoms with E-state index >= 15 is 0 Å². The first-order chi connectivity index (χ1) is 16.2. The number of hydrogen-bond donors (Lipinski definition) is 2. The molecule has 2 N–H and O–H groups in total. The zero-order valence-corrected chi connectivity index (χ0v) is 19.2. The summed E-state index contributed by atoms with van der Waals surface area (Å²) in [5.74, 6) is 1.49. The molecule has 1 aromatic carbocycles. The van der Waals surface area contributed by atoms with Gasteiger partial charge in [0.15, 0.2) is 0 Å². The molecule has 8 nitrogen and oxygen atoms in total. The largest absolute Gasteiger partial charge is 0.488 e. The van der Waals surface area contributed by atoms with Gasteiger partial charge < -0.3 is 24.8 Å². The molecule has 1 aromatic heterocycles. The summed E-state index contributed by atoms with van der Waals surface area (Å²) in [5.41, 5.74) is 3.57. The topological polar surface area (TPSA) is 92.1 Å². The van der Waals surface area contributed by atoms with E-state index in [0.29, 0.717) is 11.9 Å². The van der Waals surface area contributed by atoms with Crippen LogP contribution in [0.3, 0.4) is 0 Å². The van der Waals surface area contributed by atoms with Gasteiger partial charge >= 0.3 is 0 Å². The van der Waals surface area contributed by atoms with Crippen molar-refractivity contribution in [3.63, 3.8) is 0 Å². The van der Waals surface area contributed by atoms with E-state index in [0.717, 1.165) is 80.0 Å². The van der Waals surface area contributed by atoms with Crippen molar-refractivity contribution in [1.82, 2.24) is 15.3 Å². The normalized spacial score (nSPS) is 22.3. The summed E-state index contributed by atoms with van der Waals surface area (Å²) in [7, 11) is 0. The molecule has 1 saturated carbocycles. The number of hydrogen-bond acceptors (Lipinski definition) is 8. The second kappa shape index (κ2) is 11.2. The number of aromatic nitrogens is 2. The van der Waals surface area contributed by atoms with Crippen LogP contribution in [0.25, 0.3) is 11.0 Å². The van der Waals surface area contributed by atoms with E-state index in [1.807, 2.05) is 19.1 Å². The summed E-state index contributed by atoms with van der Waals surface area (Å²) in [6.07, 6.45) is 11.1. The van der Waals surface area contributed by atoms with Crippen molar-refractivity contribution in [3.8, 4) is 5.75 Å². The Morgan fingerprint density at radius 1 is 1.24 bits per heavy atom. The number of nitrogens with one attached hydrogen (secondary N) is 1. The zero-order chi connectivity index (χ0) is 23.0. The van der Waals surface area contributed by atoms with E-state index in [-0.39, 0.29) is 12.7 Å². The summed E-state index contributed by atoms with van der Waals surface area (Å²) in [6, 6.07) is 4.49. The van der Waals surface area contributed by atoms with Crippen LogP contribution >= 0.6 is 0 Å². The highest BCUT2D eigenvalue weighted by Crippen LogP contribution is 2.33. The standard InChI is InChI=1S/C25H33N5O3/c1-3-18(17-31)14-24(26-2)29-19-4-6-21(7-5-19)33-23-16-20(30-10-12-32-13-11-30)15-22-25(23)28-9-8-27-22/h3,8-9,14-16,19,21,29,31H,2,4-7,10-13,17H2,1H3/b18-3+,24-14+/t19-,21+. The number of nitrogens with zero attached hydrogens (tertiary/aromatic N) is 4. The first-order valence-corrected chi connectivity index (χ1v) is 11.6. The number of aliphatic imine (C=N–C) groups is 1. The fraction of sp³-hybridized carbons (Fsp3) is 0.480. The average molecular weight is 452 g/mol. The third kappa shape index (κ3) is 5.89. The van der Waals surface area contributed by atoms with Crippen molar-refractivity contribution in [3.05, 3.63) is 48.1 Å². The lowest BCUT2D eigenvalue weighted by Crippen LogP contribution is -2.36. The lowest BCUT2D eigenvalue weighted by molar-refractivity contribution is 0.122. The molecule has 0 atom stereocenters. The number of ether oxygens (including phenoxy) is 2. The van der Waals surface area contributed by atoms with Crippen molar-refractivity contribution >= 4 is 23.4 Å².